The molecular weight excluding hydrogens is 344 g/mol. The molecule has 1 unspecified atom stereocenters. The minimum absolute atomic E-state index is 0.323. The Bertz CT molecular complexity index is 784. The Morgan fingerprint density at radius 2 is 1.44 bits per heavy atom. The molecule has 5 nitrogen and oxygen atoms in total. The smallest absolute Gasteiger partial charge is 0.339 e. The molecule has 0 N–H and O–H groups in total. The van der Waals surface area contributed by atoms with Gasteiger partial charge < -0.3 is 14.2 Å². The summed E-state index contributed by atoms with van der Waals surface area (Å²) >= 11 is 0. The van der Waals surface area contributed by atoms with Gasteiger partial charge in [0.05, 0.1) is 5.56 Å². The Balaban J connectivity index is 2.21. The maximum absolute atomic E-state index is 12.4. The molecule has 1 atom stereocenters. The van der Waals surface area contributed by atoms with Gasteiger partial charge in [0.15, 0.2) is 6.10 Å². The van der Waals surface area contributed by atoms with E-state index < -0.39 is 24.1 Å². The zero-order valence-electron chi connectivity index (χ0n) is 15.4. The van der Waals surface area contributed by atoms with E-state index in [4.69, 9.17) is 14.2 Å². The lowest BCUT2D eigenvalue weighted by Crippen LogP contribution is -2.26. The summed E-state index contributed by atoms with van der Waals surface area (Å²) < 4.78 is 16.0. The van der Waals surface area contributed by atoms with Gasteiger partial charge in [-0.15, -0.1) is 0 Å². The molecule has 27 heavy (non-hydrogen) atoms. The topological polar surface area (TPSA) is 61.8 Å². The molecule has 140 valence electrons. The predicted molar refractivity (Wildman–Crippen MR) is 101 cm³/mol. The minimum atomic E-state index is -1.05. The van der Waals surface area contributed by atoms with E-state index in [1.807, 2.05) is 24.3 Å². The third kappa shape index (κ3) is 6.37. The predicted octanol–water partition coefficient (Wildman–Crippen LogP) is 3.56. The maximum atomic E-state index is 12.4. The quantitative estimate of drug-likeness (QED) is 0.309. The molecule has 0 aliphatic heterocycles. The number of ether oxygens (including phenoxy) is 3. The van der Waals surface area contributed by atoms with Gasteiger partial charge in [-0.05, 0) is 37.8 Å². The molecule has 0 amide bonds. The molecule has 2 aromatic rings. The number of Topliss-reactive ketones (excluding diaryl/α,β-unsaturated/α-hetero) is 1. The molecule has 0 fully saturated rings. The van der Waals surface area contributed by atoms with Crippen LogP contribution in [0.15, 0.2) is 60.7 Å². The first kappa shape index (κ1) is 20.4. The molecule has 0 heterocycles. The van der Waals surface area contributed by atoms with Crippen LogP contribution in [0.1, 0.15) is 35.9 Å². The number of ketones is 1. The Kier molecular flexibility index (Phi) is 8.24. The van der Waals surface area contributed by atoms with Crippen LogP contribution in [0.5, 0.6) is 0 Å². The normalized spacial score (nSPS) is 11.4. The van der Waals surface area contributed by atoms with Crippen molar-refractivity contribution in [3.05, 3.63) is 71.8 Å². The number of carbonyl (C=O) groups is 2. The van der Waals surface area contributed by atoms with Gasteiger partial charge in [0, 0.05) is 18.8 Å². The molecule has 0 saturated heterocycles. The summed E-state index contributed by atoms with van der Waals surface area (Å²) in [6.45, 7) is 4.18. The lowest BCUT2D eigenvalue weighted by molar-refractivity contribution is -0.162. The number of benzene rings is 2. The fourth-order valence-electron chi connectivity index (χ4n) is 2.26. The summed E-state index contributed by atoms with van der Waals surface area (Å²) in [5.41, 5.74) is 1.08. The lowest BCUT2D eigenvalue weighted by atomic mass is 10.1. The highest BCUT2D eigenvalue weighted by Crippen LogP contribution is 2.18. The largest absolute Gasteiger partial charge is 0.441 e. The highest BCUT2D eigenvalue weighted by atomic mass is 16.7. The Morgan fingerprint density at radius 3 is 2.00 bits per heavy atom. The van der Waals surface area contributed by atoms with Crippen molar-refractivity contribution in [3.8, 4) is 11.8 Å². The fourth-order valence-corrected chi connectivity index (χ4v) is 2.26. The maximum Gasteiger partial charge on any atom is 0.339 e. The molecular formula is C22H22O5. The van der Waals surface area contributed by atoms with Crippen LogP contribution in [-0.4, -0.2) is 31.3 Å². The molecule has 0 aliphatic rings. The van der Waals surface area contributed by atoms with Crippen molar-refractivity contribution >= 4 is 11.8 Å². The second kappa shape index (κ2) is 10.9. The van der Waals surface area contributed by atoms with Gasteiger partial charge in [-0.2, -0.15) is 0 Å². The zero-order chi connectivity index (χ0) is 19.5. The fraction of sp³-hybridized carbons (Fsp3) is 0.273. The van der Waals surface area contributed by atoms with Crippen molar-refractivity contribution in [3.63, 3.8) is 0 Å². The van der Waals surface area contributed by atoms with Crippen molar-refractivity contribution in [1.82, 2.24) is 0 Å². The first-order valence-electron chi connectivity index (χ1n) is 8.75. The average molecular weight is 366 g/mol. The van der Waals surface area contributed by atoms with Crippen molar-refractivity contribution in [2.75, 3.05) is 13.2 Å². The average Bonchev–Trinajstić information content (AvgIpc) is 2.71. The summed E-state index contributed by atoms with van der Waals surface area (Å²) in [6, 6.07) is 17.7. The molecule has 2 aromatic carbocycles. The Labute approximate surface area is 159 Å². The van der Waals surface area contributed by atoms with Crippen molar-refractivity contribution < 1.29 is 23.8 Å². The third-order valence-corrected chi connectivity index (χ3v) is 3.51. The van der Waals surface area contributed by atoms with Crippen LogP contribution in [0.2, 0.25) is 0 Å². The number of esters is 1. The molecule has 0 radical (unpaired) electrons. The first-order valence-corrected chi connectivity index (χ1v) is 8.75. The number of rotatable bonds is 8. The van der Waals surface area contributed by atoms with Gasteiger partial charge in [-0.1, -0.05) is 48.5 Å². The van der Waals surface area contributed by atoms with Crippen molar-refractivity contribution in [2.24, 2.45) is 0 Å². The van der Waals surface area contributed by atoms with E-state index in [1.165, 1.54) is 0 Å². The Hall–Kier alpha value is -2.94. The van der Waals surface area contributed by atoms with Gasteiger partial charge in [0.25, 0.3) is 5.78 Å². The van der Waals surface area contributed by atoms with Crippen molar-refractivity contribution in [2.45, 2.75) is 26.2 Å². The lowest BCUT2D eigenvalue weighted by Gasteiger charge is -2.14. The summed E-state index contributed by atoms with van der Waals surface area (Å²) in [7, 11) is 0. The molecule has 0 saturated carbocycles. The zero-order valence-corrected chi connectivity index (χ0v) is 15.4. The Morgan fingerprint density at radius 1 is 0.889 bits per heavy atom. The monoisotopic (exact) mass is 366 g/mol. The number of hydrogen-bond donors (Lipinski definition) is 0. The number of hydrogen-bond acceptors (Lipinski definition) is 5. The summed E-state index contributed by atoms with van der Waals surface area (Å²) in [6.07, 6.45) is -1.93. The summed E-state index contributed by atoms with van der Waals surface area (Å²) in [5, 5.41) is 0. The number of carbonyl (C=O) groups excluding carboxylic acids is 2. The van der Waals surface area contributed by atoms with Gasteiger partial charge in [-0.3, -0.25) is 4.79 Å². The van der Waals surface area contributed by atoms with E-state index in [-0.39, 0.29) is 0 Å². The SMILES string of the molecule is CCOC(OCC)C(=O)C#CC(OC(=O)c1ccccc1)c1ccccc1. The molecule has 2 rings (SSSR count). The standard InChI is InChI=1S/C22H22O5/c1-3-25-22(26-4-2)19(23)15-16-20(17-11-7-5-8-12-17)27-21(24)18-13-9-6-10-14-18/h5-14,20,22H,3-4H2,1-2H3. The minimum Gasteiger partial charge on any atom is -0.441 e. The van der Waals surface area contributed by atoms with Crippen molar-refractivity contribution in [1.29, 1.82) is 0 Å². The van der Waals surface area contributed by atoms with Crippen LogP contribution in [0, 0.1) is 11.8 Å². The van der Waals surface area contributed by atoms with Crippen LogP contribution in [0.3, 0.4) is 0 Å². The second-order valence-electron chi connectivity index (χ2n) is 5.44. The molecule has 5 heteroatoms. The summed E-state index contributed by atoms with van der Waals surface area (Å²) in [4.78, 5) is 24.6. The highest BCUT2D eigenvalue weighted by Gasteiger charge is 2.19. The van der Waals surface area contributed by atoms with E-state index in [2.05, 4.69) is 11.8 Å². The van der Waals surface area contributed by atoms with Gasteiger partial charge in [-0.25, -0.2) is 4.79 Å². The van der Waals surface area contributed by atoms with E-state index in [1.54, 1.807) is 50.2 Å². The third-order valence-electron chi connectivity index (χ3n) is 3.51. The van der Waals surface area contributed by atoms with E-state index in [9.17, 15) is 9.59 Å². The van der Waals surface area contributed by atoms with Gasteiger partial charge >= 0.3 is 5.97 Å². The van der Waals surface area contributed by atoms with Crippen LogP contribution in [0.25, 0.3) is 0 Å². The van der Waals surface area contributed by atoms with Crippen LogP contribution in [0.4, 0.5) is 0 Å². The van der Waals surface area contributed by atoms with Crippen LogP contribution >= 0.6 is 0 Å². The van der Waals surface area contributed by atoms with Gasteiger partial charge in [0.1, 0.15) is 0 Å². The summed E-state index contributed by atoms with van der Waals surface area (Å²) in [5.74, 6) is 4.19. The molecule has 0 bridgehead atoms. The molecule has 0 spiro atoms. The highest BCUT2D eigenvalue weighted by molar-refractivity contribution is 5.98. The van der Waals surface area contributed by atoms with Gasteiger partial charge in [0.2, 0.25) is 6.29 Å². The van der Waals surface area contributed by atoms with E-state index >= 15 is 0 Å². The van der Waals surface area contributed by atoms with Crippen LogP contribution < -0.4 is 0 Å². The van der Waals surface area contributed by atoms with E-state index in [0.717, 1.165) is 0 Å². The second-order valence-corrected chi connectivity index (χ2v) is 5.44. The van der Waals surface area contributed by atoms with Crippen LogP contribution in [-0.2, 0) is 19.0 Å². The molecule has 0 aliphatic carbocycles. The van der Waals surface area contributed by atoms with E-state index in [0.29, 0.717) is 24.3 Å². The molecule has 0 aromatic heterocycles. The first-order chi connectivity index (χ1) is 13.2.